The summed E-state index contributed by atoms with van der Waals surface area (Å²) in [6.07, 6.45) is 0.428. The monoisotopic (exact) mass is 691 g/mol. The van der Waals surface area contributed by atoms with Gasteiger partial charge in [-0.1, -0.05) is 68.9 Å². The highest BCUT2D eigenvalue weighted by molar-refractivity contribution is 6.38. The molecular formula is C32H43Cl2N7O6. The van der Waals surface area contributed by atoms with E-state index in [9.17, 15) is 24.3 Å². The van der Waals surface area contributed by atoms with E-state index in [1.807, 2.05) is 34.6 Å². The third-order valence-electron chi connectivity index (χ3n) is 9.32. The molecule has 2 aromatic heterocycles. The minimum absolute atomic E-state index is 0.0665. The van der Waals surface area contributed by atoms with Crippen LogP contribution in [-0.4, -0.2) is 73.6 Å². The Balaban J connectivity index is 1.76. The fourth-order valence-electron chi connectivity index (χ4n) is 6.04. The third-order valence-corrected chi connectivity index (χ3v) is 9.84. The number of H-pyrrole nitrogens is 1. The first-order valence-corrected chi connectivity index (χ1v) is 16.8. The van der Waals surface area contributed by atoms with Crippen molar-refractivity contribution < 1.29 is 28.8 Å². The van der Waals surface area contributed by atoms with E-state index in [0.717, 1.165) is 16.6 Å². The molecular weight excluding hydrogens is 649 g/mol. The van der Waals surface area contributed by atoms with Crippen LogP contribution in [-0.2, 0) is 22.4 Å². The molecule has 4 amide bonds. The topological polar surface area (TPSA) is 183 Å². The van der Waals surface area contributed by atoms with Gasteiger partial charge in [0.2, 0.25) is 17.7 Å². The molecule has 0 saturated carbocycles. The lowest BCUT2D eigenvalue weighted by atomic mass is 9.78. The van der Waals surface area contributed by atoms with Gasteiger partial charge in [0.25, 0.3) is 11.7 Å². The summed E-state index contributed by atoms with van der Waals surface area (Å²) < 4.78 is 5.55. The van der Waals surface area contributed by atoms with Crippen LogP contribution < -0.4 is 16.0 Å². The first kappa shape index (κ1) is 36.0. The van der Waals surface area contributed by atoms with Crippen molar-refractivity contribution in [1.29, 1.82) is 0 Å². The molecule has 1 aliphatic rings. The van der Waals surface area contributed by atoms with E-state index in [4.69, 9.17) is 27.7 Å². The van der Waals surface area contributed by atoms with Gasteiger partial charge in [-0.3, -0.25) is 14.4 Å². The molecule has 47 heavy (non-hydrogen) atoms. The minimum atomic E-state index is -1.51. The molecule has 1 aromatic carbocycles. The maximum absolute atomic E-state index is 14.6. The summed E-state index contributed by atoms with van der Waals surface area (Å²) in [5.74, 6) is -2.13. The van der Waals surface area contributed by atoms with E-state index in [1.54, 1.807) is 24.0 Å². The number of aromatic nitrogens is 3. The molecule has 2 unspecified atom stereocenters. The Morgan fingerprint density at radius 3 is 2.36 bits per heavy atom. The molecule has 15 heteroatoms. The maximum atomic E-state index is 14.6. The van der Waals surface area contributed by atoms with Crippen LogP contribution >= 0.6 is 23.2 Å². The van der Waals surface area contributed by atoms with E-state index >= 15 is 0 Å². The van der Waals surface area contributed by atoms with Crippen molar-refractivity contribution in [3.63, 3.8) is 0 Å². The quantitative estimate of drug-likeness (QED) is 0.161. The fraction of sp³-hybridized carbons (Fsp3) is 0.562. The van der Waals surface area contributed by atoms with Gasteiger partial charge in [-0.15, -0.1) is 0 Å². The Morgan fingerprint density at radius 1 is 1.06 bits per heavy atom. The number of fused-ring (bicyclic) bond motifs is 3. The molecule has 4 rings (SSSR count). The van der Waals surface area contributed by atoms with Gasteiger partial charge in [0.05, 0.1) is 10.5 Å². The lowest BCUT2D eigenvalue weighted by Crippen LogP contribution is -2.65. The molecule has 1 aliphatic carbocycles. The van der Waals surface area contributed by atoms with E-state index in [0.29, 0.717) is 47.9 Å². The van der Waals surface area contributed by atoms with Gasteiger partial charge in [0.15, 0.2) is 0 Å². The van der Waals surface area contributed by atoms with Crippen molar-refractivity contribution in [2.45, 2.75) is 91.3 Å². The van der Waals surface area contributed by atoms with Gasteiger partial charge in [0.1, 0.15) is 17.6 Å². The number of nitrogens with one attached hydrogen (secondary N) is 4. The zero-order valence-corrected chi connectivity index (χ0v) is 29.0. The van der Waals surface area contributed by atoms with Gasteiger partial charge < -0.3 is 35.5 Å². The van der Waals surface area contributed by atoms with Gasteiger partial charge in [-0.2, -0.15) is 4.98 Å². The average molecular weight is 693 g/mol. The number of amides is 4. The number of benzene rings is 1. The smallest absolute Gasteiger partial charge is 0.405 e. The summed E-state index contributed by atoms with van der Waals surface area (Å²) in [5, 5.41) is 23.3. The number of rotatable bonds is 13. The van der Waals surface area contributed by atoms with Gasteiger partial charge >= 0.3 is 6.09 Å². The SMILES string of the molecule is CCC(C)[C@H](NC(=O)O)C(=O)N[C@]1(C(=O)N[C@H](c2nc(C(=O)N(CC)CC)no2)C(C)CC)CCc2[nH]c3c(Cl)cc(Cl)cc3c2C1. The van der Waals surface area contributed by atoms with E-state index < -0.39 is 35.5 Å². The molecule has 0 fully saturated rings. The molecule has 3 aromatic rings. The van der Waals surface area contributed by atoms with Crippen LogP contribution in [0.2, 0.25) is 10.0 Å². The van der Waals surface area contributed by atoms with Crippen molar-refractivity contribution in [1.82, 2.24) is 36.0 Å². The molecule has 0 spiro atoms. The van der Waals surface area contributed by atoms with Crippen molar-refractivity contribution in [2.24, 2.45) is 11.8 Å². The number of halogens is 2. The molecule has 256 valence electrons. The fourth-order valence-corrected chi connectivity index (χ4v) is 6.58. The molecule has 0 saturated heterocycles. The molecule has 2 heterocycles. The summed E-state index contributed by atoms with van der Waals surface area (Å²) in [6.45, 7) is 12.1. The molecule has 0 radical (unpaired) electrons. The highest BCUT2D eigenvalue weighted by Crippen LogP contribution is 2.39. The zero-order chi connectivity index (χ0) is 34.6. The normalized spacial score (nSPS) is 18.5. The number of hydrogen-bond acceptors (Lipinski definition) is 7. The van der Waals surface area contributed by atoms with Gasteiger partial charge in [0, 0.05) is 35.6 Å². The predicted octanol–water partition coefficient (Wildman–Crippen LogP) is 5.27. The van der Waals surface area contributed by atoms with Crippen LogP contribution in [0.25, 0.3) is 10.9 Å². The van der Waals surface area contributed by atoms with Crippen molar-refractivity contribution >= 4 is 57.9 Å². The lowest BCUT2D eigenvalue weighted by molar-refractivity contribution is -0.136. The van der Waals surface area contributed by atoms with Crippen LogP contribution in [0, 0.1) is 11.8 Å². The van der Waals surface area contributed by atoms with Gasteiger partial charge in [-0.05, 0) is 56.2 Å². The van der Waals surface area contributed by atoms with Crippen molar-refractivity contribution in [3.8, 4) is 0 Å². The van der Waals surface area contributed by atoms with Crippen LogP contribution in [0.3, 0.4) is 0 Å². The second-order valence-electron chi connectivity index (χ2n) is 12.2. The van der Waals surface area contributed by atoms with Crippen molar-refractivity contribution in [3.05, 3.63) is 45.2 Å². The second-order valence-corrected chi connectivity index (χ2v) is 13.1. The highest BCUT2D eigenvalue weighted by atomic mass is 35.5. The molecule has 0 bridgehead atoms. The lowest BCUT2D eigenvalue weighted by Gasteiger charge is -2.39. The largest absolute Gasteiger partial charge is 0.465 e. The summed E-state index contributed by atoms with van der Waals surface area (Å²) in [5.41, 5.74) is 0.787. The summed E-state index contributed by atoms with van der Waals surface area (Å²) in [6, 6.07) is 1.49. The molecule has 5 atom stereocenters. The molecule has 5 N–H and O–H groups in total. The first-order valence-electron chi connectivity index (χ1n) is 16.0. The average Bonchev–Trinajstić information content (AvgIpc) is 3.67. The van der Waals surface area contributed by atoms with E-state index in [-0.39, 0.29) is 42.3 Å². The van der Waals surface area contributed by atoms with Crippen LogP contribution in [0.5, 0.6) is 0 Å². The Morgan fingerprint density at radius 2 is 1.74 bits per heavy atom. The van der Waals surface area contributed by atoms with E-state index in [2.05, 4.69) is 31.1 Å². The van der Waals surface area contributed by atoms with Gasteiger partial charge in [-0.25, -0.2) is 4.79 Å². The molecule has 0 aliphatic heterocycles. The maximum Gasteiger partial charge on any atom is 0.405 e. The number of carbonyl (C=O) groups excluding carboxylic acids is 3. The number of aryl methyl sites for hydroxylation is 1. The summed E-state index contributed by atoms with van der Waals surface area (Å²) in [4.78, 5) is 62.4. The Labute approximate surface area is 283 Å². The summed E-state index contributed by atoms with van der Waals surface area (Å²) >= 11 is 12.9. The van der Waals surface area contributed by atoms with Crippen LogP contribution in [0.4, 0.5) is 4.79 Å². The second kappa shape index (κ2) is 14.9. The summed E-state index contributed by atoms with van der Waals surface area (Å²) in [7, 11) is 0. The highest BCUT2D eigenvalue weighted by Gasteiger charge is 2.47. The molecule has 13 nitrogen and oxygen atoms in total. The zero-order valence-electron chi connectivity index (χ0n) is 27.5. The predicted molar refractivity (Wildman–Crippen MR) is 178 cm³/mol. The number of nitrogens with zero attached hydrogens (tertiary/aromatic N) is 3. The third kappa shape index (κ3) is 7.51. The Bertz CT molecular complexity index is 1640. The van der Waals surface area contributed by atoms with E-state index in [1.165, 1.54) is 0 Å². The standard InChI is InChI=1S/C32H43Cl2N7O6/c1-7-16(5)23(37-31(45)46)27(42)39-32(12-11-22-20(15-32)19-13-18(33)14-21(34)25(19)35-22)30(44)36-24(17(6)8-2)28-38-26(40-47-28)29(43)41(9-3)10-4/h13-14,16-17,23-24,35,37H,7-12,15H2,1-6H3,(H,36,44)(H,39,42)(H,45,46)/t16?,17?,23-,24-,32+/m0/s1. The first-order chi connectivity index (χ1) is 22.3. The van der Waals surface area contributed by atoms with Crippen molar-refractivity contribution in [2.75, 3.05) is 13.1 Å². The van der Waals surface area contributed by atoms with Crippen LogP contribution in [0.15, 0.2) is 16.7 Å². The number of aromatic amines is 1. The number of carboxylic acid groups (broad SMARTS) is 1. The number of hydrogen-bond donors (Lipinski definition) is 5. The Kier molecular flexibility index (Phi) is 11.4. The minimum Gasteiger partial charge on any atom is -0.465 e. The Hall–Kier alpha value is -3.84. The number of carbonyl (C=O) groups is 4. The van der Waals surface area contributed by atoms with Crippen LogP contribution in [0.1, 0.15) is 94.6 Å².